The van der Waals surface area contributed by atoms with Crippen LogP contribution in [0.4, 0.5) is 0 Å². The van der Waals surface area contributed by atoms with E-state index < -0.39 is 12.0 Å². The van der Waals surface area contributed by atoms with Crippen LogP contribution in [0.1, 0.15) is 11.1 Å². The zero-order chi connectivity index (χ0) is 14.2. The van der Waals surface area contributed by atoms with Crippen LogP contribution < -0.4 is 0 Å². The summed E-state index contributed by atoms with van der Waals surface area (Å²) < 4.78 is 0. The van der Waals surface area contributed by atoms with Crippen LogP contribution >= 0.6 is 0 Å². The molecule has 0 aliphatic carbocycles. The third-order valence-corrected chi connectivity index (χ3v) is 2.95. The lowest BCUT2D eigenvalue weighted by molar-refractivity contribution is -0.125. The molecule has 0 fully saturated rings. The van der Waals surface area contributed by atoms with Crippen molar-refractivity contribution in [3.63, 3.8) is 0 Å². The molecule has 0 spiro atoms. The molecular weight excluding hydrogens is 250 g/mol. The molecule has 2 aromatic rings. The number of aliphatic hydroxyl groups is 1. The number of carbonyl (C=O) groups is 1. The summed E-state index contributed by atoms with van der Waals surface area (Å²) in [6.45, 7) is 0. The first-order chi connectivity index (χ1) is 9.75. The van der Waals surface area contributed by atoms with Crippen molar-refractivity contribution in [3.8, 4) is 0 Å². The van der Waals surface area contributed by atoms with Crippen molar-refractivity contribution in [2.24, 2.45) is 4.99 Å². The Hall–Kier alpha value is -2.26. The van der Waals surface area contributed by atoms with Crippen molar-refractivity contribution >= 4 is 12.1 Å². The van der Waals surface area contributed by atoms with Gasteiger partial charge in [0.25, 0.3) is 5.91 Å². The van der Waals surface area contributed by atoms with E-state index in [4.69, 9.17) is 0 Å². The van der Waals surface area contributed by atoms with Crippen LogP contribution in [0.5, 0.6) is 0 Å². The van der Waals surface area contributed by atoms with E-state index in [0.29, 0.717) is 12.8 Å². The highest BCUT2D eigenvalue weighted by atomic mass is 16.3. The lowest BCUT2D eigenvalue weighted by Gasteiger charge is -2.05. The highest BCUT2D eigenvalue weighted by Crippen LogP contribution is 2.04. The molecule has 0 aliphatic rings. The lowest BCUT2D eigenvalue weighted by Crippen LogP contribution is -2.21. The van der Waals surface area contributed by atoms with E-state index in [1.807, 2.05) is 60.7 Å². The van der Waals surface area contributed by atoms with Gasteiger partial charge in [-0.15, -0.1) is 0 Å². The second kappa shape index (κ2) is 7.36. The summed E-state index contributed by atoms with van der Waals surface area (Å²) in [7, 11) is 0. The zero-order valence-electron chi connectivity index (χ0n) is 11.1. The van der Waals surface area contributed by atoms with Crippen LogP contribution in [0.3, 0.4) is 0 Å². The molecule has 1 N–H and O–H groups in total. The first-order valence-electron chi connectivity index (χ1n) is 6.58. The summed E-state index contributed by atoms with van der Waals surface area (Å²) >= 11 is 0. The number of hydrogen-bond donors (Lipinski definition) is 1. The summed E-state index contributed by atoms with van der Waals surface area (Å²) in [5.41, 5.74) is 2.01. The van der Waals surface area contributed by atoms with Gasteiger partial charge in [-0.05, 0) is 11.1 Å². The van der Waals surface area contributed by atoms with Gasteiger partial charge in [-0.1, -0.05) is 60.7 Å². The zero-order valence-corrected chi connectivity index (χ0v) is 11.1. The Morgan fingerprint density at radius 3 is 2.15 bits per heavy atom. The van der Waals surface area contributed by atoms with E-state index in [1.165, 1.54) is 0 Å². The Kier molecular flexibility index (Phi) is 5.21. The molecule has 0 saturated carbocycles. The smallest absolute Gasteiger partial charge is 0.274 e. The minimum Gasteiger partial charge on any atom is -0.383 e. The number of rotatable bonds is 5. The average Bonchev–Trinajstić information content (AvgIpc) is 2.49. The third kappa shape index (κ3) is 4.44. The summed E-state index contributed by atoms with van der Waals surface area (Å²) in [5.74, 6) is -0.496. The van der Waals surface area contributed by atoms with Gasteiger partial charge >= 0.3 is 0 Å². The fraction of sp³-hybridized carbons (Fsp3) is 0.176. The fourth-order valence-corrected chi connectivity index (χ4v) is 1.87. The SMILES string of the molecule is O=C(N=CCc1ccccc1)C(O)Cc1ccccc1. The van der Waals surface area contributed by atoms with Gasteiger partial charge in [-0.3, -0.25) is 4.79 Å². The maximum Gasteiger partial charge on any atom is 0.274 e. The number of benzene rings is 2. The van der Waals surface area contributed by atoms with Gasteiger partial charge in [0, 0.05) is 19.1 Å². The van der Waals surface area contributed by atoms with Crippen LogP contribution in [-0.4, -0.2) is 23.3 Å². The maximum absolute atomic E-state index is 11.7. The van der Waals surface area contributed by atoms with Crippen LogP contribution in [0.2, 0.25) is 0 Å². The number of aliphatic imine (C=N–C) groups is 1. The Morgan fingerprint density at radius 1 is 1.00 bits per heavy atom. The largest absolute Gasteiger partial charge is 0.383 e. The third-order valence-electron chi connectivity index (χ3n) is 2.95. The highest BCUT2D eigenvalue weighted by Gasteiger charge is 2.13. The number of carbonyl (C=O) groups excluding carboxylic acids is 1. The monoisotopic (exact) mass is 267 g/mol. The van der Waals surface area contributed by atoms with Gasteiger partial charge in [0.1, 0.15) is 6.10 Å². The van der Waals surface area contributed by atoms with Gasteiger partial charge in [0.15, 0.2) is 0 Å². The molecular formula is C17H17NO2. The molecule has 2 aromatic carbocycles. The van der Waals surface area contributed by atoms with E-state index in [1.54, 1.807) is 6.21 Å². The molecule has 3 heteroatoms. The Balaban J connectivity index is 1.85. The quantitative estimate of drug-likeness (QED) is 0.846. The number of hydrogen-bond acceptors (Lipinski definition) is 2. The van der Waals surface area contributed by atoms with Crippen molar-refractivity contribution < 1.29 is 9.90 Å². The Morgan fingerprint density at radius 2 is 1.55 bits per heavy atom. The Bertz CT molecular complexity index is 564. The predicted octanol–water partition coefficient (Wildman–Crippen LogP) is 2.43. The second-order valence-corrected chi connectivity index (χ2v) is 4.55. The second-order valence-electron chi connectivity index (χ2n) is 4.55. The Labute approximate surface area is 118 Å². The fourth-order valence-electron chi connectivity index (χ4n) is 1.87. The summed E-state index contributed by atoms with van der Waals surface area (Å²) in [5, 5.41) is 9.81. The molecule has 0 radical (unpaired) electrons. The van der Waals surface area contributed by atoms with Gasteiger partial charge in [0.2, 0.25) is 0 Å². The molecule has 1 atom stereocenters. The molecule has 2 rings (SSSR count). The normalized spacial score (nSPS) is 12.4. The number of nitrogens with zero attached hydrogens (tertiary/aromatic N) is 1. The first kappa shape index (κ1) is 14.2. The van der Waals surface area contributed by atoms with Crippen molar-refractivity contribution in [2.45, 2.75) is 18.9 Å². The molecule has 102 valence electrons. The summed E-state index contributed by atoms with van der Waals surface area (Å²) in [6.07, 6.45) is 1.35. The van der Waals surface area contributed by atoms with Gasteiger partial charge in [-0.25, -0.2) is 4.99 Å². The molecule has 0 saturated heterocycles. The maximum atomic E-state index is 11.7. The minimum absolute atomic E-state index is 0.294. The highest BCUT2D eigenvalue weighted by molar-refractivity contribution is 5.88. The van der Waals surface area contributed by atoms with E-state index in [0.717, 1.165) is 11.1 Å². The predicted molar refractivity (Wildman–Crippen MR) is 79.8 cm³/mol. The van der Waals surface area contributed by atoms with Crippen molar-refractivity contribution in [3.05, 3.63) is 71.8 Å². The topological polar surface area (TPSA) is 49.7 Å². The van der Waals surface area contributed by atoms with Crippen LogP contribution in [-0.2, 0) is 17.6 Å². The van der Waals surface area contributed by atoms with Gasteiger partial charge in [0.05, 0.1) is 0 Å². The summed E-state index contributed by atoms with van der Waals surface area (Å²) in [4.78, 5) is 15.5. The molecule has 20 heavy (non-hydrogen) atoms. The van der Waals surface area contributed by atoms with Crippen molar-refractivity contribution in [2.75, 3.05) is 0 Å². The standard InChI is InChI=1S/C17H17NO2/c19-16(13-15-9-5-2-6-10-15)17(20)18-12-11-14-7-3-1-4-8-14/h1-10,12,16,19H,11,13H2. The minimum atomic E-state index is -1.08. The van der Waals surface area contributed by atoms with Gasteiger partial charge in [-0.2, -0.15) is 0 Å². The molecule has 3 nitrogen and oxygen atoms in total. The van der Waals surface area contributed by atoms with Crippen molar-refractivity contribution in [1.29, 1.82) is 0 Å². The average molecular weight is 267 g/mol. The first-order valence-corrected chi connectivity index (χ1v) is 6.58. The molecule has 0 aromatic heterocycles. The summed E-state index contributed by atoms with van der Waals surface area (Å²) in [6, 6.07) is 19.2. The number of amides is 1. The van der Waals surface area contributed by atoms with E-state index >= 15 is 0 Å². The lowest BCUT2D eigenvalue weighted by atomic mass is 10.1. The van der Waals surface area contributed by atoms with E-state index in [2.05, 4.69) is 4.99 Å². The van der Waals surface area contributed by atoms with E-state index in [9.17, 15) is 9.90 Å². The van der Waals surface area contributed by atoms with Crippen molar-refractivity contribution in [1.82, 2.24) is 0 Å². The van der Waals surface area contributed by atoms with Crippen LogP contribution in [0.15, 0.2) is 65.7 Å². The number of aliphatic hydroxyl groups excluding tert-OH is 1. The molecule has 1 unspecified atom stereocenters. The molecule has 0 bridgehead atoms. The molecule has 1 amide bonds. The van der Waals surface area contributed by atoms with Crippen LogP contribution in [0, 0.1) is 0 Å². The van der Waals surface area contributed by atoms with Gasteiger partial charge < -0.3 is 5.11 Å². The molecule has 0 heterocycles. The van der Waals surface area contributed by atoms with E-state index in [-0.39, 0.29) is 0 Å². The van der Waals surface area contributed by atoms with Crippen LogP contribution in [0.25, 0.3) is 0 Å². The molecule has 0 aliphatic heterocycles.